The second-order valence-corrected chi connectivity index (χ2v) is 2.04. The topological polar surface area (TPSA) is 111 Å². The Balaban J connectivity index is 3.52. The number of hydrogen-bond acceptors (Lipinski definition) is 3. The van der Waals surface area contributed by atoms with Crippen LogP contribution in [0.15, 0.2) is 17.1 Å². The van der Waals surface area contributed by atoms with Crippen molar-refractivity contribution in [3.05, 3.63) is 12.2 Å². The second kappa shape index (κ2) is 5.70. The summed E-state index contributed by atoms with van der Waals surface area (Å²) in [4.78, 5) is 3.68. The van der Waals surface area contributed by atoms with Gasteiger partial charge in [0.15, 0.2) is 5.96 Å². The van der Waals surface area contributed by atoms with E-state index in [1.165, 1.54) is 0 Å². The van der Waals surface area contributed by atoms with Gasteiger partial charge in [-0.05, 0) is 0 Å². The molecule has 0 heterocycles. The van der Waals surface area contributed by atoms with E-state index in [-0.39, 0.29) is 18.6 Å². The first-order valence-electron chi connectivity index (χ1n) is 3.25. The number of aliphatic hydroxyl groups excluding tert-OH is 1. The molecule has 0 aliphatic rings. The summed E-state index contributed by atoms with van der Waals surface area (Å²) < 4.78 is 0. The highest BCUT2D eigenvalue weighted by molar-refractivity contribution is 5.75. The van der Waals surface area contributed by atoms with E-state index in [2.05, 4.69) is 4.99 Å². The number of guanidine groups is 1. The summed E-state index contributed by atoms with van der Waals surface area (Å²) in [5.41, 5.74) is 15.5. The van der Waals surface area contributed by atoms with E-state index < -0.39 is 0 Å². The molecular weight excluding hydrogens is 144 g/mol. The maximum atomic E-state index is 8.48. The summed E-state index contributed by atoms with van der Waals surface area (Å²) in [6.45, 7) is 0.328. The zero-order valence-electron chi connectivity index (χ0n) is 6.27. The second-order valence-electron chi connectivity index (χ2n) is 2.04. The van der Waals surface area contributed by atoms with Crippen molar-refractivity contribution in [2.24, 2.45) is 22.2 Å². The number of nitrogens with two attached hydrogens (primary N) is 3. The van der Waals surface area contributed by atoms with Gasteiger partial charge >= 0.3 is 0 Å². The molecule has 1 unspecified atom stereocenters. The maximum absolute atomic E-state index is 8.48. The number of aliphatic imine (C=N–C) groups is 1. The molecule has 0 saturated carbocycles. The summed E-state index contributed by atoms with van der Waals surface area (Å²) >= 11 is 0. The molecule has 64 valence electrons. The van der Waals surface area contributed by atoms with Gasteiger partial charge in [0.05, 0.1) is 13.2 Å². The minimum absolute atomic E-state index is 0.0484. The van der Waals surface area contributed by atoms with E-state index in [0.717, 1.165) is 0 Å². The van der Waals surface area contributed by atoms with E-state index in [4.69, 9.17) is 22.3 Å². The summed E-state index contributed by atoms with van der Waals surface area (Å²) in [5.74, 6) is 0.0484. The standard InChI is InChI=1S/C6H14N4O/c7-5(4-11)2-1-3-10-6(8)9/h1-2,5,11H,3-4,7H2,(H4,8,9,10)/b2-1+. The summed E-state index contributed by atoms with van der Waals surface area (Å²) in [6.07, 6.45) is 3.34. The minimum Gasteiger partial charge on any atom is -0.394 e. The Morgan fingerprint density at radius 1 is 1.55 bits per heavy atom. The predicted octanol–water partition coefficient (Wildman–Crippen LogP) is -1.86. The molecule has 0 aliphatic carbocycles. The highest BCUT2D eigenvalue weighted by Gasteiger charge is 1.89. The third kappa shape index (κ3) is 6.82. The van der Waals surface area contributed by atoms with Crippen molar-refractivity contribution in [1.82, 2.24) is 0 Å². The average molecular weight is 158 g/mol. The molecule has 0 fully saturated rings. The normalized spacial score (nSPS) is 13.3. The van der Waals surface area contributed by atoms with E-state index >= 15 is 0 Å². The van der Waals surface area contributed by atoms with Gasteiger partial charge in [-0.1, -0.05) is 12.2 Å². The van der Waals surface area contributed by atoms with Gasteiger partial charge in [-0.2, -0.15) is 0 Å². The quantitative estimate of drug-likeness (QED) is 0.218. The van der Waals surface area contributed by atoms with Crippen molar-refractivity contribution in [2.45, 2.75) is 6.04 Å². The molecule has 0 aliphatic heterocycles. The van der Waals surface area contributed by atoms with Crippen LogP contribution in [0.5, 0.6) is 0 Å². The molecule has 0 bridgehead atoms. The summed E-state index contributed by atoms with van der Waals surface area (Å²) in [7, 11) is 0. The molecule has 0 aromatic rings. The fourth-order valence-electron chi connectivity index (χ4n) is 0.455. The third-order valence-electron chi connectivity index (χ3n) is 0.973. The Morgan fingerprint density at radius 2 is 2.18 bits per heavy atom. The van der Waals surface area contributed by atoms with E-state index in [1.807, 2.05) is 0 Å². The van der Waals surface area contributed by atoms with Crippen LogP contribution in [-0.4, -0.2) is 30.3 Å². The molecule has 0 amide bonds. The molecule has 11 heavy (non-hydrogen) atoms. The Kier molecular flexibility index (Phi) is 5.14. The molecule has 0 aromatic carbocycles. The van der Waals surface area contributed by atoms with Gasteiger partial charge in [0.25, 0.3) is 0 Å². The van der Waals surface area contributed by atoms with Crippen LogP contribution in [0.4, 0.5) is 0 Å². The smallest absolute Gasteiger partial charge is 0.186 e. The average Bonchev–Trinajstić information content (AvgIpc) is 1.97. The van der Waals surface area contributed by atoms with Crippen molar-refractivity contribution in [2.75, 3.05) is 13.2 Å². The van der Waals surface area contributed by atoms with Crippen molar-refractivity contribution < 1.29 is 5.11 Å². The van der Waals surface area contributed by atoms with Crippen molar-refractivity contribution in [1.29, 1.82) is 0 Å². The molecule has 0 saturated heterocycles. The van der Waals surface area contributed by atoms with Crippen molar-refractivity contribution in [3.8, 4) is 0 Å². The first kappa shape index (κ1) is 9.93. The van der Waals surface area contributed by atoms with Crippen LogP contribution in [0.25, 0.3) is 0 Å². The Hall–Kier alpha value is -1.07. The van der Waals surface area contributed by atoms with E-state index in [9.17, 15) is 0 Å². The van der Waals surface area contributed by atoms with Gasteiger partial charge in [0.2, 0.25) is 0 Å². The fourth-order valence-corrected chi connectivity index (χ4v) is 0.455. The van der Waals surface area contributed by atoms with Gasteiger partial charge in [0, 0.05) is 6.04 Å². The first-order chi connectivity index (χ1) is 5.16. The Bertz CT molecular complexity index is 151. The highest BCUT2D eigenvalue weighted by Crippen LogP contribution is 1.80. The number of aliphatic hydroxyl groups is 1. The minimum atomic E-state index is -0.329. The van der Waals surface area contributed by atoms with Crippen LogP contribution >= 0.6 is 0 Å². The number of rotatable bonds is 4. The Labute approximate surface area is 65.6 Å². The van der Waals surface area contributed by atoms with Crippen LogP contribution in [0.2, 0.25) is 0 Å². The van der Waals surface area contributed by atoms with Gasteiger partial charge < -0.3 is 22.3 Å². The summed E-state index contributed by atoms with van der Waals surface area (Å²) in [5, 5.41) is 8.48. The molecule has 0 rings (SSSR count). The van der Waals surface area contributed by atoms with E-state index in [1.54, 1.807) is 12.2 Å². The lowest BCUT2D eigenvalue weighted by Crippen LogP contribution is -2.23. The molecule has 1 atom stereocenters. The largest absolute Gasteiger partial charge is 0.394 e. The molecule has 5 heteroatoms. The van der Waals surface area contributed by atoms with Crippen molar-refractivity contribution >= 4 is 5.96 Å². The SMILES string of the molecule is NC(N)=NC/C=C/C(N)CO. The monoisotopic (exact) mass is 158 g/mol. The summed E-state index contributed by atoms with van der Waals surface area (Å²) in [6, 6.07) is -0.329. The van der Waals surface area contributed by atoms with Crippen LogP contribution in [-0.2, 0) is 0 Å². The molecular formula is C6H14N4O. The molecule has 7 N–H and O–H groups in total. The van der Waals surface area contributed by atoms with Crippen LogP contribution in [0, 0.1) is 0 Å². The molecule has 5 nitrogen and oxygen atoms in total. The molecule has 0 aromatic heterocycles. The number of hydrogen-bond donors (Lipinski definition) is 4. The molecule has 0 spiro atoms. The first-order valence-corrected chi connectivity index (χ1v) is 3.25. The predicted molar refractivity (Wildman–Crippen MR) is 44.9 cm³/mol. The van der Waals surface area contributed by atoms with Gasteiger partial charge in [0.1, 0.15) is 0 Å². The zero-order chi connectivity index (χ0) is 8.69. The van der Waals surface area contributed by atoms with Crippen LogP contribution < -0.4 is 17.2 Å². The highest BCUT2D eigenvalue weighted by atomic mass is 16.3. The van der Waals surface area contributed by atoms with Crippen LogP contribution in [0.1, 0.15) is 0 Å². The van der Waals surface area contributed by atoms with Gasteiger partial charge in [-0.25, -0.2) is 4.99 Å². The lowest BCUT2D eigenvalue weighted by Gasteiger charge is -1.97. The lowest BCUT2D eigenvalue weighted by molar-refractivity contribution is 0.284. The fraction of sp³-hybridized carbons (Fsp3) is 0.500. The lowest BCUT2D eigenvalue weighted by atomic mass is 10.3. The van der Waals surface area contributed by atoms with Crippen LogP contribution in [0.3, 0.4) is 0 Å². The maximum Gasteiger partial charge on any atom is 0.186 e. The van der Waals surface area contributed by atoms with E-state index in [0.29, 0.717) is 6.54 Å². The third-order valence-corrected chi connectivity index (χ3v) is 0.973. The molecule has 0 radical (unpaired) electrons. The van der Waals surface area contributed by atoms with Gasteiger partial charge in [-0.15, -0.1) is 0 Å². The number of nitrogens with zero attached hydrogens (tertiary/aromatic N) is 1. The Morgan fingerprint density at radius 3 is 2.64 bits per heavy atom. The van der Waals surface area contributed by atoms with Crippen molar-refractivity contribution in [3.63, 3.8) is 0 Å². The zero-order valence-corrected chi connectivity index (χ0v) is 6.27. The van der Waals surface area contributed by atoms with Gasteiger partial charge in [-0.3, -0.25) is 0 Å².